The second kappa shape index (κ2) is 10.1. The molecule has 0 bridgehead atoms. The Hall–Kier alpha value is -7.40. The smallest absolute Gasteiger partial charge is 0.300 e. The van der Waals surface area contributed by atoms with E-state index >= 15 is 0 Å². The van der Waals surface area contributed by atoms with E-state index in [0.29, 0.717) is 34.0 Å². The molecule has 7 aromatic rings. The summed E-state index contributed by atoms with van der Waals surface area (Å²) in [4.78, 5) is 30.4. The SMILES string of the molecule is [C-]#[N+]c1nc2c(nc1[N+]#[C-])N(c1cccc3ccccc13)c1nc3cc(C#N)c(C#N)cc3nc1N2c1cccc2ccccc12. The lowest BCUT2D eigenvalue weighted by molar-refractivity contribution is 1.02. The van der Waals surface area contributed by atoms with Gasteiger partial charge in [0.2, 0.25) is 0 Å². The van der Waals surface area contributed by atoms with Crippen molar-refractivity contribution in [3.05, 3.63) is 131 Å². The van der Waals surface area contributed by atoms with Gasteiger partial charge in [-0.1, -0.05) is 85.9 Å². The Morgan fingerprint density at radius 3 is 1.33 bits per heavy atom. The van der Waals surface area contributed by atoms with Crippen molar-refractivity contribution in [2.45, 2.75) is 0 Å². The number of benzene rings is 5. The van der Waals surface area contributed by atoms with Crippen LogP contribution >= 0.6 is 0 Å². The molecular weight excluding hydrogens is 572 g/mol. The van der Waals surface area contributed by atoms with E-state index in [2.05, 4.69) is 21.8 Å². The molecule has 0 amide bonds. The molecule has 0 unspecified atom stereocenters. The number of rotatable bonds is 2. The maximum absolute atomic E-state index is 9.79. The maximum atomic E-state index is 9.79. The summed E-state index contributed by atoms with van der Waals surface area (Å²) >= 11 is 0. The molecule has 1 aliphatic heterocycles. The Labute approximate surface area is 261 Å². The average Bonchev–Trinajstić information content (AvgIpc) is 3.11. The van der Waals surface area contributed by atoms with Gasteiger partial charge in [0.05, 0.1) is 33.5 Å². The molecular formula is C36H16N10. The van der Waals surface area contributed by atoms with Crippen LogP contribution in [-0.2, 0) is 0 Å². The first-order valence-electron chi connectivity index (χ1n) is 14.0. The second-order valence-electron chi connectivity index (χ2n) is 10.4. The van der Waals surface area contributed by atoms with Gasteiger partial charge in [0.25, 0.3) is 11.6 Å². The van der Waals surface area contributed by atoms with Gasteiger partial charge in [-0.3, -0.25) is 9.80 Å². The van der Waals surface area contributed by atoms with Crippen LogP contribution in [0.2, 0.25) is 0 Å². The van der Waals surface area contributed by atoms with Crippen LogP contribution in [0, 0.1) is 35.8 Å². The highest BCUT2D eigenvalue weighted by atomic mass is 15.4. The third-order valence-electron chi connectivity index (χ3n) is 7.91. The highest BCUT2D eigenvalue weighted by Crippen LogP contribution is 2.54. The molecule has 210 valence electrons. The molecule has 0 spiro atoms. The van der Waals surface area contributed by atoms with E-state index in [0.717, 1.165) is 21.5 Å². The van der Waals surface area contributed by atoms with Crippen molar-refractivity contribution >= 4 is 78.9 Å². The van der Waals surface area contributed by atoms with Gasteiger partial charge < -0.3 is 9.69 Å². The normalized spacial score (nSPS) is 11.7. The molecule has 0 saturated heterocycles. The largest absolute Gasteiger partial charge is 0.370 e. The second-order valence-corrected chi connectivity index (χ2v) is 10.4. The van der Waals surface area contributed by atoms with E-state index in [1.54, 1.807) is 21.9 Å². The summed E-state index contributed by atoms with van der Waals surface area (Å²) in [5.41, 5.74) is 2.58. The quantitative estimate of drug-likeness (QED) is 0.184. The number of hydrogen-bond acceptors (Lipinski definition) is 8. The molecule has 10 nitrogen and oxygen atoms in total. The highest BCUT2D eigenvalue weighted by Gasteiger charge is 2.42. The number of aromatic nitrogens is 4. The van der Waals surface area contributed by atoms with Crippen molar-refractivity contribution in [3.63, 3.8) is 0 Å². The minimum atomic E-state index is -0.139. The van der Waals surface area contributed by atoms with Crippen LogP contribution in [0.1, 0.15) is 11.1 Å². The van der Waals surface area contributed by atoms with Crippen LogP contribution in [0.3, 0.4) is 0 Å². The average molecular weight is 589 g/mol. The van der Waals surface area contributed by atoms with E-state index < -0.39 is 0 Å². The van der Waals surface area contributed by atoms with Crippen LogP contribution < -0.4 is 9.80 Å². The molecule has 46 heavy (non-hydrogen) atoms. The topological polar surface area (TPSA) is 114 Å². The van der Waals surface area contributed by atoms with Gasteiger partial charge in [-0.25, -0.2) is 9.97 Å². The van der Waals surface area contributed by atoms with E-state index in [1.807, 2.05) is 84.9 Å². The minimum Gasteiger partial charge on any atom is -0.370 e. The monoisotopic (exact) mass is 588 g/mol. The lowest BCUT2D eigenvalue weighted by Gasteiger charge is -2.34. The van der Waals surface area contributed by atoms with E-state index in [4.69, 9.17) is 33.1 Å². The van der Waals surface area contributed by atoms with Crippen LogP contribution in [0.15, 0.2) is 97.1 Å². The molecule has 3 heterocycles. The zero-order valence-corrected chi connectivity index (χ0v) is 23.7. The van der Waals surface area contributed by atoms with Gasteiger partial charge in [0.15, 0.2) is 11.6 Å². The van der Waals surface area contributed by atoms with Gasteiger partial charge in [0, 0.05) is 10.8 Å². The summed E-state index contributed by atoms with van der Waals surface area (Å²) in [6.07, 6.45) is 0. The fraction of sp³-hybridized carbons (Fsp3) is 0. The fourth-order valence-electron chi connectivity index (χ4n) is 5.88. The Morgan fingerprint density at radius 1 is 0.522 bits per heavy atom. The molecule has 0 saturated carbocycles. The maximum Gasteiger partial charge on any atom is 0.300 e. The van der Waals surface area contributed by atoms with E-state index in [-0.39, 0.29) is 34.4 Å². The molecule has 5 aromatic carbocycles. The predicted molar refractivity (Wildman–Crippen MR) is 175 cm³/mol. The molecule has 0 radical (unpaired) electrons. The van der Waals surface area contributed by atoms with Crippen molar-refractivity contribution in [3.8, 4) is 12.1 Å². The van der Waals surface area contributed by atoms with Gasteiger partial charge in [0.1, 0.15) is 12.1 Å². The molecule has 2 aromatic heterocycles. The summed E-state index contributed by atoms with van der Waals surface area (Å²) < 4.78 is 0. The lowest BCUT2D eigenvalue weighted by Crippen LogP contribution is -2.28. The molecule has 10 heteroatoms. The number of hydrogen-bond donors (Lipinski definition) is 0. The standard InChI is InChI=1S/C36H16N10/c1-39-31-32(40-2)44-36-35(43-31)45(29-15-7-11-21-9-3-5-13-25(21)29)33-34(42-28-18-24(20-38)23(19-37)17-27(28)41-33)46(36)30-16-8-12-22-10-4-6-14-26(22)30/h3-18H. The van der Waals surface area contributed by atoms with Gasteiger partial charge in [-0.2, -0.15) is 10.5 Å². The fourth-order valence-corrected chi connectivity index (χ4v) is 5.88. The first kappa shape index (κ1) is 26.2. The van der Waals surface area contributed by atoms with Crippen molar-refractivity contribution in [2.75, 3.05) is 9.80 Å². The minimum absolute atomic E-state index is 0.139. The van der Waals surface area contributed by atoms with Crippen molar-refractivity contribution < 1.29 is 0 Å². The van der Waals surface area contributed by atoms with Crippen LogP contribution in [0.4, 0.5) is 46.3 Å². The summed E-state index contributed by atoms with van der Waals surface area (Å²) in [6.45, 7) is 15.7. The predicted octanol–water partition coefficient (Wildman–Crippen LogP) is 8.82. The van der Waals surface area contributed by atoms with Crippen LogP contribution in [0.25, 0.3) is 42.3 Å². The van der Waals surface area contributed by atoms with Crippen LogP contribution in [-0.4, -0.2) is 19.9 Å². The molecule has 0 atom stereocenters. The number of anilines is 6. The first-order valence-corrected chi connectivity index (χ1v) is 14.0. The number of nitriles is 2. The van der Waals surface area contributed by atoms with Gasteiger partial charge in [-0.15, -0.1) is 9.97 Å². The summed E-state index contributed by atoms with van der Waals surface area (Å²) in [5.74, 6) is 1.05. The Morgan fingerprint density at radius 2 is 0.913 bits per heavy atom. The zero-order valence-electron chi connectivity index (χ0n) is 23.7. The zero-order chi connectivity index (χ0) is 31.4. The van der Waals surface area contributed by atoms with E-state index in [9.17, 15) is 10.5 Å². The molecule has 1 aliphatic rings. The van der Waals surface area contributed by atoms with Crippen LogP contribution in [0.5, 0.6) is 0 Å². The molecule has 0 fully saturated rings. The van der Waals surface area contributed by atoms with Crippen molar-refractivity contribution in [2.24, 2.45) is 0 Å². The summed E-state index contributed by atoms with van der Waals surface area (Å²) in [5, 5.41) is 23.3. The molecule has 0 aliphatic carbocycles. The first-order chi connectivity index (χ1) is 22.6. The number of fused-ring (bicyclic) bond motifs is 5. The lowest BCUT2D eigenvalue weighted by atomic mass is 10.1. The van der Waals surface area contributed by atoms with E-state index in [1.165, 1.54) is 0 Å². The summed E-state index contributed by atoms with van der Waals surface area (Å²) in [7, 11) is 0. The molecule has 0 N–H and O–H groups in total. The highest BCUT2D eigenvalue weighted by molar-refractivity contribution is 6.08. The molecule has 8 rings (SSSR count). The third kappa shape index (κ3) is 3.79. The third-order valence-corrected chi connectivity index (χ3v) is 7.91. The van der Waals surface area contributed by atoms with Crippen molar-refractivity contribution in [1.29, 1.82) is 10.5 Å². The number of nitrogens with zero attached hydrogens (tertiary/aromatic N) is 10. The van der Waals surface area contributed by atoms with Gasteiger partial charge >= 0.3 is 11.6 Å². The Bertz CT molecular complexity index is 2430. The van der Waals surface area contributed by atoms with Crippen molar-refractivity contribution in [1.82, 2.24) is 19.9 Å². The van der Waals surface area contributed by atoms with Gasteiger partial charge in [-0.05, 0) is 35.0 Å². The Balaban J connectivity index is 1.56. The Kier molecular flexibility index (Phi) is 5.77. The summed E-state index contributed by atoms with van der Waals surface area (Å²) in [6, 6.07) is 34.7.